The summed E-state index contributed by atoms with van der Waals surface area (Å²) in [5, 5.41) is 4.54. The summed E-state index contributed by atoms with van der Waals surface area (Å²) < 4.78 is 30.5. The highest BCUT2D eigenvalue weighted by molar-refractivity contribution is 7.80. The molecule has 35 heavy (non-hydrogen) atoms. The second-order valence-corrected chi connectivity index (χ2v) is 8.23. The normalized spacial score (nSPS) is 18.5. The SMILES string of the molecule is COC(=S)NC[C@H]1CN(c2ccc(N3CCNN(C(=O)C=Cc4ccco4)CC3)c(F)c2)C(=O)O1. The maximum absolute atomic E-state index is 15.1. The van der Waals surface area contributed by atoms with E-state index in [9.17, 15) is 9.59 Å². The molecule has 2 aromatic rings. The molecule has 4 rings (SSSR count). The molecule has 0 bridgehead atoms. The van der Waals surface area contributed by atoms with Crippen molar-refractivity contribution in [2.75, 3.05) is 56.2 Å². The number of hydrogen-bond donors (Lipinski definition) is 2. The highest BCUT2D eigenvalue weighted by atomic mass is 32.1. The van der Waals surface area contributed by atoms with Crippen LogP contribution in [0, 0.1) is 5.82 Å². The maximum atomic E-state index is 15.1. The molecule has 10 nitrogen and oxygen atoms in total. The number of anilines is 2. The van der Waals surface area contributed by atoms with Crippen LogP contribution in [-0.4, -0.2) is 74.7 Å². The van der Waals surface area contributed by atoms with Gasteiger partial charge in [-0.05, 0) is 48.6 Å². The van der Waals surface area contributed by atoms with Gasteiger partial charge in [-0.1, -0.05) is 0 Å². The average molecular weight is 504 g/mol. The van der Waals surface area contributed by atoms with Gasteiger partial charge in [-0.25, -0.2) is 14.6 Å². The summed E-state index contributed by atoms with van der Waals surface area (Å²) in [5.74, 6) is -0.100. The fraction of sp³-hybridized carbons (Fsp3) is 0.348. The summed E-state index contributed by atoms with van der Waals surface area (Å²) in [5.41, 5.74) is 3.87. The van der Waals surface area contributed by atoms with Crippen molar-refractivity contribution in [3.63, 3.8) is 0 Å². The lowest BCUT2D eigenvalue weighted by molar-refractivity contribution is -0.128. The van der Waals surface area contributed by atoms with Crippen LogP contribution in [0.2, 0.25) is 0 Å². The minimum absolute atomic E-state index is 0.204. The molecule has 1 aromatic heterocycles. The maximum Gasteiger partial charge on any atom is 0.414 e. The summed E-state index contributed by atoms with van der Waals surface area (Å²) in [7, 11) is 1.45. The number of halogens is 1. The summed E-state index contributed by atoms with van der Waals surface area (Å²) >= 11 is 4.92. The van der Waals surface area contributed by atoms with Crippen LogP contribution in [0.25, 0.3) is 6.08 Å². The van der Waals surface area contributed by atoms with Crippen LogP contribution in [0.1, 0.15) is 5.76 Å². The summed E-state index contributed by atoms with van der Waals surface area (Å²) in [4.78, 5) is 28.0. The van der Waals surface area contributed by atoms with E-state index >= 15 is 4.39 Å². The molecule has 0 unspecified atom stereocenters. The Morgan fingerprint density at radius 2 is 2.20 bits per heavy atom. The number of rotatable bonds is 6. The monoisotopic (exact) mass is 503 g/mol. The predicted octanol–water partition coefficient (Wildman–Crippen LogP) is 2.13. The van der Waals surface area contributed by atoms with E-state index in [4.69, 9.17) is 26.1 Å². The molecule has 0 saturated carbocycles. The van der Waals surface area contributed by atoms with Gasteiger partial charge in [0.05, 0.1) is 44.4 Å². The first-order valence-corrected chi connectivity index (χ1v) is 11.5. The first-order valence-electron chi connectivity index (χ1n) is 11.1. The van der Waals surface area contributed by atoms with Crippen LogP contribution in [0.15, 0.2) is 47.1 Å². The minimum atomic E-state index is -0.553. The Hall–Kier alpha value is -3.64. The number of carbonyl (C=O) groups is 2. The topological polar surface area (TPSA) is 99.5 Å². The zero-order valence-corrected chi connectivity index (χ0v) is 19.9. The summed E-state index contributed by atoms with van der Waals surface area (Å²) in [6.45, 7) is 2.30. The Morgan fingerprint density at radius 3 is 2.94 bits per heavy atom. The molecule has 0 spiro atoms. The van der Waals surface area contributed by atoms with Crippen molar-refractivity contribution in [2.45, 2.75) is 6.10 Å². The number of cyclic esters (lactones) is 1. The number of nitrogens with zero attached hydrogens (tertiary/aromatic N) is 3. The number of nitrogens with one attached hydrogen (secondary N) is 2. The van der Waals surface area contributed by atoms with Crippen LogP contribution in [0.5, 0.6) is 0 Å². The van der Waals surface area contributed by atoms with Crippen LogP contribution in [-0.2, 0) is 14.3 Å². The van der Waals surface area contributed by atoms with Gasteiger partial charge in [-0.2, -0.15) is 0 Å². The smallest absolute Gasteiger partial charge is 0.414 e. The van der Waals surface area contributed by atoms with Gasteiger partial charge < -0.3 is 24.1 Å². The Balaban J connectivity index is 1.35. The Morgan fingerprint density at radius 1 is 1.34 bits per heavy atom. The van der Waals surface area contributed by atoms with Crippen molar-refractivity contribution in [1.29, 1.82) is 0 Å². The van der Waals surface area contributed by atoms with Gasteiger partial charge in [0.1, 0.15) is 17.7 Å². The van der Waals surface area contributed by atoms with Crippen molar-refractivity contribution in [3.8, 4) is 0 Å². The lowest BCUT2D eigenvalue weighted by Gasteiger charge is -2.24. The number of methoxy groups -OCH3 is 1. The molecular weight excluding hydrogens is 477 g/mol. The van der Waals surface area contributed by atoms with E-state index in [1.54, 1.807) is 30.3 Å². The molecule has 1 aromatic carbocycles. The Labute approximate surface area is 207 Å². The van der Waals surface area contributed by atoms with E-state index in [0.717, 1.165) is 0 Å². The van der Waals surface area contributed by atoms with Crippen LogP contribution >= 0.6 is 12.2 Å². The van der Waals surface area contributed by atoms with Crippen LogP contribution in [0.4, 0.5) is 20.6 Å². The minimum Gasteiger partial charge on any atom is -0.474 e. The standard InChI is InChI=1S/C23H26FN5O5S/c1-32-22(35)25-14-18-15-28(23(31)34-18)16-4-6-20(19(24)13-16)27-9-8-26-29(11-10-27)21(30)7-5-17-3-2-12-33-17/h2-7,12-13,18,26H,8-11,14-15H2,1H3,(H,25,35)/t18-/m0/s1. The zero-order chi connectivity index (χ0) is 24.8. The molecule has 2 aliphatic rings. The third-order valence-electron chi connectivity index (χ3n) is 5.59. The Kier molecular flexibility index (Phi) is 7.83. The van der Waals surface area contributed by atoms with Crippen molar-refractivity contribution >= 4 is 46.8 Å². The van der Waals surface area contributed by atoms with E-state index in [0.29, 0.717) is 49.9 Å². The fourth-order valence-corrected chi connectivity index (χ4v) is 3.90. The molecule has 2 amide bonds. The van der Waals surface area contributed by atoms with E-state index < -0.39 is 18.0 Å². The first-order chi connectivity index (χ1) is 16.9. The molecule has 186 valence electrons. The number of amides is 2. The first kappa shape index (κ1) is 24.5. The van der Waals surface area contributed by atoms with Crippen molar-refractivity contribution in [3.05, 3.63) is 54.2 Å². The molecule has 12 heteroatoms. The van der Waals surface area contributed by atoms with E-state index in [-0.39, 0.29) is 17.6 Å². The number of thiocarbonyl (C=S) groups is 1. The second kappa shape index (κ2) is 11.2. The van der Waals surface area contributed by atoms with Gasteiger partial charge >= 0.3 is 6.09 Å². The number of ether oxygens (including phenoxy) is 2. The van der Waals surface area contributed by atoms with E-state index in [1.807, 2.05) is 4.90 Å². The number of carbonyl (C=O) groups excluding carboxylic acids is 2. The van der Waals surface area contributed by atoms with Gasteiger partial charge in [-0.15, -0.1) is 0 Å². The molecule has 2 N–H and O–H groups in total. The Bertz CT molecular complexity index is 1100. The molecule has 1 atom stereocenters. The predicted molar refractivity (Wildman–Crippen MR) is 131 cm³/mol. The lowest BCUT2D eigenvalue weighted by atomic mass is 10.2. The van der Waals surface area contributed by atoms with Crippen LogP contribution < -0.4 is 20.5 Å². The summed E-state index contributed by atoms with van der Waals surface area (Å²) in [6, 6.07) is 8.14. The van der Waals surface area contributed by atoms with Gasteiger partial charge in [0.2, 0.25) is 0 Å². The number of hydrazine groups is 1. The third kappa shape index (κ3) is 6.08. The third-order valence-corrected chi connectivity index (χ3v) is 5.91. The molecule has 0 aliphatic carbocycles. The highest BCUT2D eigenvalue weighted by Gasteiger charge is 2.33. The molecule has 2 fully saturated rings. The number of furan rings is 1. The lowest BCUT2D eigenvalue weighted by Crippen LogP contribution is -2.42. The van der Waals surface area contributed by atoms with E-state index in [2.05, 4.69) is 10.7 Å². The van der Waals surface area contributed by atoms with Gasteiger partial charge in [0, 0.05) is 25.7 Å². The number of hydrogen-bond acceptors (Lipinski definition) is 8. The fourth-order valence-electron chi connectivity index (χ4n) is 3.82. The summed E-state index contributed by atoms with van der Waals surface area (Å²) in [6.07, 6.45) is 3.56. The molecule has 0 radical (unpaired) electrons. The van der Waals surface area contributed by atoms with Crippen molar-refractivity contribution in [1.82, 2.24) is 15.8 Å². The quantitative estimate of drug-likeness (QED) is 0.454. The largest absolute Gasteiger partial charge is 0.474 e. The van der Waals surface area contributed by atoms with Gasteiger partial charge in [0.15, 0.2) is 0 Å². The molecule has 2 saturated heterocycles. The molecule has 3 heterocycles. The average Bonchev–Trinajstić information content (AvgIpc) is 3.44. The molecule has 2 aliphatic heterocycles. The highest BCUT2D eigenvalue weighted by Crippen LogP contribution is 2.28. The van der Waals surface area contributed by atoms with Gasteiger partial charge in [0.25, 0.3) is 11.1 Å². The van der Waals surface area contributed by atoms with E-state index in [1.165, 1.54) is 35.4 Å². The van der Waals surface area contributed by atoms with Crippen LogP contribution in [0.3, 0.4) is 0 Å². The van der Waals surface area contributed by atoms with Gasteiger partial charge in [-0.3, -0.25) is 14.7 Å². The zero-order valence-electron chi connectivity index (χ0n) is 19.1. The number of benzene rings is 1. The molecular formula is C23H26FN5O5S. The van der Waals surface area contributed by atoms with Crippen molar-refractivity contribution in [2.24, 2.45) is 0 Å². The second-order valence-electron chi connectivity index (χ2n) is 7.86. The van der Waals surface area contributed by atoms with Crippen molar-refractivity contribution < 1.29 is 27.9 Å².